The van der Waals surface area contributed by atoms with E-state index >= 15 is 0 Å². The highest BCUT2D eigenvalue weighted by molar-refractivity contribution is 6.53. The van der Waals surface area contributed by atoms with Crippen LogP contribution >= 0.6 is 11.6 Å². The minimum Gasteiger partial charge on any atom is -0.462 e. The number of benzene rings is 3. The van der Waals surface area contributed by atoms with Crippen molar-refractivity contribution in [2.45, 2.75) is 13.8 Å². The summed E-state index contributed by atoms with van der Waals surface area (Å²) in [4.78, 5) is 63.3. The van der Waals surface area contributed by atoms with Gasteiger partial charge in [0.2, 0.25) is 0 Å². The predicted octanol–water partition coefficient (Wildman–Crippen LogP) is 4.73. The Morgan fingerprint density at radius 1 is 0.750 bits per heavy atom. The van der Waals surface area contributed by atoms with Gasteiger partial charge in [-0.25, -0.2) is 14.5 Å². The highest BCUT2D eigenvalue weighted by atomic mass is 35.5. The maximum absolute atomic E-state index is 13.1. The van der Waals surface area contributed by atoms with E-state index < -0.39 is 29.7 Å². The second kappa shape index (κ2) is 12.3. The zero-order valence-electron chi connectivity index (χ0n) is 21.5. The summed E-state index contributed by atoms with van der Waals surface area (Å²) in [6.45, 7) is 3.83. The molecule has 11 heteroatoms. The number of halogens is 1. The van der Waals surface area contributed by atoms with Crippen LogP contribution in [0, 0.1) is 0 Å². The molecule has 2 N–H and O–H groups in total. The lowest BCUT2D eigenvalue weighted by molar-refractivity contribution is -0.120. The van der Waals surface area contributed by atoms with Crippen LogP contribution in [0.3, 0.4) is 0 Å². The third-order valence-electron chi connectivity index (χ3n) is 5.71. The zero-order valence-corrected chi connectivity index (χ0v) is 22.3. The number of amides is 3. The Balaban J connectivity index is 1.43. The molecule has 3 aromatic rings. The van der Waals surface area contributed by atoms with Crippen LogP contribution in [0.4, 0.5) is 17.1 Å². The van der Waals surface area contributed by atoms with Crippen LogP contribution < -0.4 is 15.5 Å². The summed E-state index contributed by atoms with van der Waals surface area (Å²) >= 11 is 6.21. The minimum absolute atomic E-state index is 0.146. The number of carbonyl (C=O) groups is 5. The van der Waals surface area contributed by atoms with Crippen molar-refractivity contribution in [3.63, 3.8) is 0 Å². The number of rotatable bonds is 9. The topological polar surface area (TPSA) is 131 Å². The van der Waals surface area contributed by atoms with Crippen molar-refractivity contribution >= 4 is 58.3 Å². The minimum atomic E-state index is -0.750. The molecule has 204 valence electrons. The third kappa shape index (κ3) is 6.02. The third-order valence-corrected chi connectivity index (χ3v) is 6.06. The van der Waals surface area contributed by atoms with Crippen LogP contribution in [0.5, 0.6) is 0 Å². The number of hydrogen-bond acceptors (Lipinski definition) is 8. The predicted molar refractivity (Wildman–Crippen MR) is 148 cm³/mol. The Kier molecular flexibility index (Phi) is 8.60. The highest BCUT2D eigenvalue weighted by Gasteiger charge is 2.39. The Hall–Kier alpha value is -4.96. The SMILES string of the molecule is CCOC(=O)c1ccc(NC(=O)c2ccc(NC3=C(Cl)C(=O)N(c4cccc(C(=O)OCC)c4)C3=O)cc2)cc1. The first-order valence-corrected chi connectivity index (χ1v) is 12.6. The fourth-order valence-corrected chi connectivity index (χ4v) is 4.00. The number of hydrogen-bond donors (Lipinski definition) is 2. The van der Waals surface area contributed by atoms with Gasteiger partial charge in [-0.15, -0.1) is 0 Å². The van der Waals surface area contributed by atoms with Gasteiger partial charge in [0, 0.05) is 16.9 Å². The molecule has 0 aromatic heterocycles. The number of imide groups is 1. The molecule has 40 heavy (non-hydrogen) atoms. The molecule has 0 saturated heterocycles. The Morgan fingerprint density at radius 2 is 1.32 bits per heavy atom. The fraction of sp³-hybridized carbons (Fsp3) is 0.138. The molecule has 0 bridgehead atoms. The summed E-state index contributed by atoms with van der Waals surface area (Å²) in [5.41, 5.74) is 1.79. The van der Waals surface area contributed by atoms with Gasteiger partial charge in [-0.3, -0.25) is 14.4 Å². The Labute approximate surface area is 234 Å². The summed E-state index contributed by atoms with van der Waals surface area (Å²) in [5.74, 6) is -2.88. The number of carbonyl (C=O) groups excluding carboxylic acids is 5. The van der Waals surface area contributed by atoms with Crippen molar-refractivity contribution in [2.24, 2.45) is 0 Å². The maximum atomic E-state index is 13.1. The summed E-state index contributed by atoms with van der Waals surface area (Å²) in [5, 5.41) is 5.25. The first-order valence-electron chi connectivity index (χ1n) is 12.2. The van der Waals surface area contributed by atoms with Crippen molar-refractivity contribution in [1.29, 1.82) is 0 Å². The molecule has 10 nitrogen and oxygen atoms in total. The highest BCUT2D eigenvalue weighted by Crippen LogP contribution is 2.31. The van der Waals surface area contributed by atoms with Gasteiger partial charge in [-0.1, -0.05) is 17.7 Å². The number of nitrogens with zero attached hydrogens (tertiary/aromatic N) is 1. The van der Waals surface area contributed by atoms with E-state index in [1.807, 2.05) is 0 Å². The van der Waals surface area contributed by atoms with Gasteiger partial charge >= 0.3 is 11.9 Å². The molecule has 0 aliphatic carbocycles. The van der Waals surface area contributed by atoms with E-state index in [1.54, 1.807) is 50.2 Å². The monoisotopic (exact) mass is 561 g/mol. The van der Waals surface area contributed by atoms with Gasteiger partial charge in [0.15, 0.2) is 0 Å². The van der Waals surface area contributed by atoms with Crippen LogP contribution in [0.15, 0.2) is 83.5 Å². The number of ether oxygens (including phenoxy) is 2. The zero-order chi connectivity index (χ0) is 28.8. The standard InChI is InChI=1S/C29H24ClN3O7/c1-3-39-28(37)18-10-14-21(15-11-18)32-25(34)17-8-12-20(13-9-17)31-24-23(30)26(35)33(27(24)36)22-7-5-6-19(16-22)29(38)40-4-2/h5-16,31H,3-4H2,1-2H3,(H,32,34). The van der Waals surface area contributed by atoms with E-state index in [2.05, 4.69) is 10.6 Å². The van der Waals surface area contributed by atoms with E-state index in [1.165, 1.54) is 36.4 Å². The summed E-state index contributed by atoms with van der Waals surface area (Å²) in [6, 6.07) is 18.4. The first kappa shape index (κ1) is 28.1. The molecule has 0 atom stereocenters. The molecule has 0 fully saturated rings. The molecule has 1 aliphatic rings. The van der Waals surface area contributed by atoms with Gasteiger partial charge in [-0.2, -0.15) is 0 Å². The second-order valence-corrected chi connectivity index (χ2v) is 8.74. The molecule has 0 unspecified atom stereocenters. The number of esters is 2. The van der Waals surface area contributed by atoms with Crippen molar-refractivity contribution in [3.05, 3.63) is 100 Å². The molecular weight excluding hydrogens is 538 g/mol. The van der Waals surface area contributed by atoms with Crippen LogP contribution in [0.2, 0.25) is 0 Å². The summed E-state index contributed by atoms with van der Waals surface area (Å²) in [6.07, 6.45) is 0. The average Bonchev–Trinajstić information content (AvgIpc) is 3.17. The Morgan fingerprint density at radius 3 is 1.95 bits per heavy atom. The van der Waals surface area contributed by atoms with Gasteiger partial charge in [-0.05, 0) is 80.6 Å². The van der Waals surface area contributed by atoms with E-state index in [-0.39, 0.29) is 35.2 Å². The van der Waals surface area contributed by atoms with Crippen LogP contribution in [0.25, 0.3) is 0 Å². The van der Waals surface area contributed by atoms with E-state index in [0.717, 1.165) is 4.90 Å². The van der Waals surface area contributed by atoms with E-state index in [0.29, 0.717) is 22.5 Å². The average molecular weight is 562 g/mol. The lowest BCUT2D eigenvalue weighted by Crippen LogP contribution is -2.32. The van der Waals surface area contributed by atoms with Gasteiger partial charge in [0.05, 0.1) is 30.0 Å². The molecule has 1 heterocycles. The van der Waals surface area contributed by atoms with Gasteiger partial charge < -0.3 is 20.1 Å². The normalized spacial score (nSPS) is 12.8. The van der Waals surface area contributed by atoms with Gasteiger partial charge in [0.1, 0.15) is 10.7 Å². The lowest BCUT2D eigenvalue weighted by atomic mass is 10.1. The smallest absolute Gasteiger partial charge is 0.338 e. The quantitative estimate of drug-likeness (QED) is 0.283. The molecule has 0 saturated carbocycles. The summed E-state index contributed by atoms with van der Waals surface area (Å²) in [7, 11) is 0. The lowest BCUT2D eigenvalue weighted by Gasteiger charge is -2.16. The molecule has 3 amide bonds. The van der Waals surface area contributed by atoms with Crippen molar-refractivity contribution < 1.29 is 33.4 Å². The number of anilines is 3. The molecular formula is C29H24ClN3O7. The number of nitrogens with one attached hydrogen (secondary N) is 2. The molecule has 3 aromatic carbocycles. The van der Waals surface area contributed by atoms with Crippen molar-refractivity contribution in [3.8, 4) is 0 Å². The van der Waals surface area contributed by atoms with Crippen LogP contribution in [0.1, 0.15) is 44.9 Å². The largest absolute Gasteiger partial charge is 0.462 e. The first-order chi connectivity index (χ1) is 19.2. The Bertz CT molecular complexity index is 1520. The molecule has 1 aliphatic heterocycles. The van der Waals surface area contributed by atoms with Crippen LogP contribution in [-0.4, -0.2) is 42.9 Å². The van der Waals surface area contributed by atoms with E-state index in [4.69, 9.17) is 21.1 Å². The van der Waals surface area contributed by atoms with Crippen LogP contribution in [-0.2, 0) is 19.1 Å². The maximum Gasteiger partial charge on any atom is 0.338 e. The van der Waals surface area contributed by atoms with E-state index in [9.17, 15) is 24.0 Å². The van der Waals surface area contributed by atoms with Gasteiger partial charge in [0.25, 0.3) is 17.7 Å². The molecule has 0 radical (unpaired) electrons. The molecule has 4 rings (SSSR count). The second-order valence-electron chi connectivity index (χ2n) is 8.36. The summed E-state index contributed by atoms with van der Waals surface area (Å²) < 4.78 is 9.92. The fourth-order valence-electron chi connectivity index (χ4n) is 3.79. The van der Waals surface area contributed by atoms with Crippen molar-refractivity contribution in [2.75, 3.05) is 28.7 Å². The van der Waals surface area contributed by atoms with Crippen molar-refractivity contribution in [1.82, 2.24) is 0 Å². The molecule has 0 spiro atoms.